The Balaban J connectivity index is 1.70. The maximum atomic E-state index is 10.0. The lowest BCUT2D eigenvalue weighted by atomic mass is 10.0. The third kappa shape index (κ3) is 3.31. The summed E-state index contributed by atoms with van der Waals surface area (Å²) in [4.78, 5) is 8.85. The van der Waals surface area contributed by atoms with E-state index in [0.717, 1.165) is 87.8 Å². The molecule has 2 fully saturated rings. The summed E-state index contributed by atoms with van der Waals surface area (Å²) in [7, 11) is 0. The van der Waals surface area contributed by atoms with Crippen LogP contribution in [0.5, 0.6) is 0 Å². The van der Waals surface area contributed by atoms with Gasteiger partial charge in [0.2, 0.25) is 0 Å². The van der Waals surface area contributed by atoms with Gasteiger partial charge in [0, 0.05) is 25.1 Å². The first-order chi connectivity index (χ1) is 14.8. The molecular weight excluding hydrogens is 378 g/mol. The topological polar surface area (TPSA) is 67.2 Å². The number of hydrogen-bond donors (Lipinski definition) is 1. The summed E-state index contributed by atoms with van der Waals surface area (Å²) >= 11 is 0. The van der Waals surface area contributed by atoms with Gasteiger partial charge in [0.1, 0.15) is 25.0 Å². The Hall–Kier alpha value is -2.66. The van der Waals surface area contributed by atoms with Crippen LogP contribution >= 0.6 is 0 Å². The van der Waals surface area contributed by atoms with E-state index in [-0.39, 0.29) is 0 Å². The van der Waals surface area contributed by atoms with E-state index < -0.39 is 0 Å². The van der Waals surface area contributed by atoms with E-state index in [1.165, 1.54) is 11.4 Å². The fraction of sp³-hybridized carbons (Fsp3) is 0.478. The Morgan fingerprint density at radius 1 is 1.10 bits per heavy atom. The Labute approximate surface area is 176 Å². The fourth-order valence-electron chi connectivity index (χ4n) is 4.78. The van der Waals surface area contributed by atoms with Crippen LogP contribution < -0.4 is 9.80 Å². The number of benzene rings is 1. The highest BCUT2D eigenvalue weighted by Crippen LogP contribution is 2.33. The Morgan fingerprint density at radius 3 is 2.60 bits per heavy atom. The molecule has 2 aromatic heterocycles. The van der Waals surface area contributed by atoms with Gasteiger partial charge in [0.15, 0.2) is 5.65 Å². The second kappa shape index (κ2) is 8.23. The summed E-state index contributed by atoms with van der Waals surface area (Å²) in [5, 5.41) is 10.0. The van der Waals surface area contributed by atoms with E-state index in [0.29, 0.717) is 5.56 Å². The molecule has 7 nitrogen and oxygen atoms in total. The molecule has 0 spiro atoms. The number of hydrogen-bond acceptors (Lipinski definition) is 5. The molecule has 0 aliphatic carbocycles. The summed E-state index contributed by atoms with van der Waals surface area (Å²) < 4.78 is 13.4. The van der Waals surface area contributed by atoms with Gasteiger partial charge in [-0.25, -0.2) is 4.98 Å². The molecule has 156 valence electrons. The predicted molar refractivity (Wildman–Crippen MR) is 115 cm³/mol. The monoisotopic (exact) mass is 406 g/mol. The van der Waals surface area contributed by atoms with Crippen molar-refractivity contribution < 1.29 is 14.4 Å². The zero-order valence-corrected chi connectivity index (χ0v) is 17.5. The maximum Gasteiger partial charge on any atom is 0.157 e. The predicted octanol–water partition coefficient (Wildman–Crippen LogP) is 0.962. The highest BCUT2D eigenvalue weighted by molar-refractivity contribution is 5.86. The van der Waals surface area contributed by atoms with Crippen molar-refractivity contribution in [3.8, 4) is 6.07 Å². The van der Waals surface area contributed by atoms with Crippen molar-refractivity contribution in [3.63, 3.8) is 0 Å². The molecule has 7 heteroatoms. The van der Waals surface area contributed by atoms with E-state index in [1.54, 1.807) is 4.90 Å². The normalized spacial score (nSPS) is 18.2. The van der Waals surface area contributed by atoms with Crippen LogP contribution in [0.1, 0.15) is 16.7 Å². The number of nitrogens with zero attached hydrogens (tertiary/aromatic N) is 4. The van der Waals surface area contributed by atoms with E-state index in [4.69, 9.17) is 14.5 Å². The van der Waals surface area contributed by atoms with Crippen LogP contribution in [0.15, 0.2) is 24.3 Å². The molecule has 2 saturated heterocycles. The zero-order valence-electron chi connectivity index (χ0n) is 17.5. The van der Waals surface area contributed by atoms with Gasteiger partial charge in [-0.1, -0.05) is 12.1 Å². The molecular formula is C23H28N5O2+. The van der Waals surface area contributed by atoms with Crippen molar-refractivity contribution in [2.24, 2.45) is 0 Å². The highest BCUT2D eigenvalue weighted by atomic mass is 16.5. The third-order valence-electron chi connectivity index (χ3n) is 6.44. The van der Waals surface area contributed by atoms with Gasteiger partial charge in [-0.15, -0.1) is 0 Å². The smallest absolute Gasteiger partial charge is 0.157 e. The van der Waals surface area contributed by atoms with Crippen LogP contribution in [0.3, 0.4) is 0 Å². The number of quaternary nitrogens is 1. The number of para-hydroxylation sites is 2. The Bertz CT molecular complexity index is 1100. The molecule has 2 aliphatic heterocycles. The number of rotatable bonds is 4. The number of aromatic nitrogens is 2. The molecule has 2 aliphatic rings. The zero-order chi connectivity index (χ0) is 20.5. The molecule has 0 bridgehead atoms. The van der Waals surface area contributed by atoms with E-state index in [1.807, 2.05) is 18.2 Å². The van der Waals surface area contributed by atoms with E-state index in [2.05, 4.69) is 28.4 Å². The average Bonchev–Trinajstić information content (AvgIpc) is 3.17. The van der Waals surface area contributed by atoms with Crippen LogP contribution in [-0.4, -0.2) is 68.5 Å². The molecule has 5 rings (SSSR count). The lowest BCUT2D eigenvalue weighted by Gasteiger charge is -2.33. The number of nitrogens with one attached hydrogen (secondary N) is 1. The van der Waals surface area contributed by atoms with Crippen molar-refractivity contribution in [3.05, 3.63) is 41.0 Å². The second-order valence-corrected chi connectivity index (χ2v) is 8.14. The lowest BCUT2D eigenvalue weighted by molar-refractivity contribution is -0.907. The lowest BCUT2D eigenvalue weighted by Crippen LogP contribution is -3.14. The molecule has 0 amide bonds. The molecule has 3 aromatic rings. The van der Waals surface area contributed by atoms with Crippen molar-refractivity contribution in [2.45, 2.75) is 13.3 Å². The first-order valence-corrected chi connectivity index (χ1v) is 10.8. The molecule has 30 heavy (non-hydrogen) atoms. The molecule has 0 radical (unpaired) electrons. The first-order valence-electron chi connectivity index (χ1n) is 10.8. The van der Waals surface area contributed by atoms with Crippen molar-refractivity contribution in [2.75, 3.05) is 64.1 Å². The van der Waals surface area contributed by atoms with Crippen LogP contribution in [0.25, 0.3) is 16.7 Å². The number of ether oxygens (including phenoxy) is 2. The SMILES string of the molecule is Cc1c(CC[NH+]2CCOCC2)c(N2CCOCC2)n2c(nc3ccccc32)c1C#N. The molecule has 0 unspecified atom stereocenters. The number of imidazole rings is 1. The summed E-state index contributed by atoms with van der Waals surface area (Å²) in [5.74, 6) is 1.19. The van der Waals surface area contributed by atoms with Crippen molar-refractivity contribution in [1.29, 1.82) is 5.26 Å². The Morgan fingerprint density at radius 2 is 1.83 bits per heavy atom. The second-order valence-electron chi connectivity index (χ2n) is 8.14. The molecule has 0 atom stereocenters. The summed E-state index contributed by atoms with van der Waals surface area (Å²) in [6.45, 7) is 10.0. The van der Waals surface area contributed by atoms with Crippen LogP contribution in [0.4, 0.5) is 5.82 Å². The quantitative estimate of drug-likeness (QED) is 0.699. The summed E-state index contributed by atoms with van der Waals surface area (Å²) in [6.07, 6.45) is 0.936. The van der Waals surface area contributed by atoms with Gasteiger partial charge in [-0.2, -0.15) is 5.26 Å². The van der Waals surface area contributed by atoms with Gasteiger partial charge in [0.25, 0.3) is 0 Å². The minimum atomic E-state index is 0.690. The number of fused-ring (bicyclic) bond motifs is 3. The largest absolute Gasteiger partial charge is 0.378 e. The van der Waals surface area contributed by atoms with Gasteiger partial charge in [-0.05, 0) is 24.6 Å². The number of nitriles is 1. The van der Waals surface area contributed by atoms with Crippen LogP contribution in [0.2, 0.25) is 0 Å². The van der Waals surface area contributed by atoms with Crippen molar-refractivity contribution in [1.82, 2.24) is 9.38 Å². The minimum Gasteiger partial charge on any atom is -0.378 e. The number of morpholine rings is 2. The number of pyridine rings is 1. The standard InChI is InChI=1S/C23H27N5O2/c1-17-18(6-7-26-8-12-29-13-9-26)23(27-10-14-30-15-11-27)28-21-5-3-2-4-20(21)25-22(28)19(17)16-24/h2-5H,6-15H2,1H3/p+1. The van der Waals surface area contributed by atoms with Crippen molar-refractivity contribution >= 4 is 22.5 Å². The molecule has 1 aromatic carbocycles. The molecule has 4 heterocycles. The van der Waals surface area contributed by atoms with E-state index in [9.17, 15) is 5.26 Å². The fourth-order valence-corrected chi connectivity index (χ4v) is 4.78. The van der Waals surface area contributed by atoms with Gasteiger partial charge in [0.05, 0.1) is 49.6 Å². The minimum absolute atomic E-state index is 0.690. The van der Waals surface area contributed by atoms with Gasteiger partial charge in [-0.3, -0.25) is 4.40 Å². The van der Waals surface area contributed by atoms with E-state index >= 15 is 0 Å². The molecule has 0 saturated carbocycles. The highest BCUT2D eigenvalue weighted by Gasteiger charge is 2.26. The van der Waals surface area contributed by atoms with Gasteiger partial charge < -0.3 is 19.3 Å². The first kappa shape index (κ1) is 19.3. The molecule has 1 N–H and O–H groups in total. The van der Waals surface area contributed by atoms with Crippen LogP contribution in [0, 0.1) is 18.3 Å². The van der Waals surface area contributed by atoms with Crippen LogP contribution in [-0.2, 0) is 15.9 Å². The van der Waals surface area contributed by atoms with Gasteiger partial charge >= 0.3 is 0 Å². The third-order valence-corrected chi connectivity index (χ3v) is 6.44. The average molecular weight is 407 g/mol. The summed E-state index contributed by atoms with van der Waals surface area (Å²) in [5.41, 5.74) is 5.78. The maximum absolute atomic E-state index is 10.0. The summed E-state index contributed by atoms with van der Waals surface area (Å²) in [6, 6.07) is 10.6. The Kier molecular flexibility index (Phi) is 5.30. The number of anilines is 1.